The first-order chi connectivity index (χ1) is 5.18. The molecule has 0 fully saturated rings. The Balaban J connectivity index is 2.74. The van der Waals surface area contributed by atoms with Crippen LogP contribution >= 0.6 is 12.2 Å². The van der Waals surface area contributed by atoms with Crippen molar-refractivity contribution in [3.8, 4) is 5.75 Å². The molecule has 1 aromatic rings. The molecule has 0 heterocycles. The van der Waals surface area contributed by atoms with Crippen LogP contribution in [0.4, 0.5) is 0 Å². The fourth-order valence-corrected chi connectivity index (χ4v) is 0.819. The predicted molar refractivity (Wildman–Crippen MR) is 48.6 cm³/mol. The van der Waals surface area contributed by atoms with E-state index in [-0.39, 0.29) is 5.17 Å². The molecular formula is C8H9NOS. The van der Waals surface area contributed by atoms with Gasteiger partial charge < -0.3 is 10.5 Å². The molecule has 0 saturated heterocycles. The number of ether oxygens (including phenoxy) is 1. The smallest absolute Gasteiger partial charge is 0.259 e. The Morgan fingerprint density at radius 1 is 1.36 bits per heavy atom. The van der Waals surface area contributed by atoms with E-state index in [9.17, 15) is 0 Å². The molecular weight excluding hydrogens is 158 g/mol. The van der Waals surface area contributed by atoms with E-state index < -0.39 is 0 Å². The van der Waals surface area contributed by atoms with Crippen molar-refractivity contribution in [2.75, 3.05) is 0 Å². The zero-order chi connectivity index (χ0) is 8.27. The summed E-state index contributed by atoms with van der Waals surface area (Å²) in [6.07, 6.45) is 0. The SMILES string of the molecule is Cc1ccc(OC(N)=S)cc1. The summed E-state index contributed by atoms with van der Waals surface area (Å²) in [5.41, 5.74) is 6.35. The highest BCUT2D eigenvalue weighted by Gasteiger charge is 1.92. The van der Waals surface area contributed by atoms with E-state index in [0.717, 1.165) is 0 Å². The standard InChI is InChI=1S/C8H9NOS/c1-6-2-4-7(5-3-6)10-8(9)11/h2-5H,1H3,(H2,9,11). The van der Waals surface area contributed by atoms with Crippen molar-refractivity contribution in [3.63, 3.8) is 0 Å². The van der Waals surface area contributed by atoms with Gasteiger partial charge in [0.15, 0.2) is 0 Å². The predicted octanol–water partition coefficient (Wildman–Crippen LogP) is 1.62. The van der Waals surface area contributed by atoms with Crippen molar-refractivity contribution in [3.05, 3.63) is 29.8 Å². The van der Waals surface area contributed by atoms with E-state index in [4.69, 9.17) is 10.5 Å². The molecule has 0 aromatic heterocycles. The summed E-state index contributed by atoms with van der Waals surface area (Å²) in [4.78, 5) is 0. The lowest BCUT2D eigenvalue weighted by Crippen LogP contribution is -2.15. The number of rotatable bonds is 1. The third-order valence-corrected chi connectivity index (χ3v) is 1.32. The summed E-state index contributed by atoms with van der Waals surface area (Å²) in [6.45, 7) is 2.00. The van der Waals surface area contributed by atoms with Gasteiger partial charge in [-0.1, -0.05) is 17.7 Å². The summed E-state index contributed by atoms with van der Waals surface area (Å²) >= 11 is 4.57. The number of hydrogen-bond donors (Lipinski definition) is 1. The Morgan fingerprint density at radius 3 is 2.36 bits per heavy atom. The Kier molecular flexibility index (Phi) is 2.44. The first-order valence-electron chi connectivity index (χ1n) is 3.22. The molecule has 1 rings (SSSR count). The molecule has 2 nitrogen and oxygen atoms in total. The third kappa shape index (κ3) is 2.55. The molecule has 2 N–H and O–H groups in total. The number of thiocarbonyl (C=S) groups is 1. The van der Waals surface area contributed by atoms with Crippen LogP contribution in [0.15, 0.2) is 24.3 Å². The molecule has 11 heavy (non-hydrogen) atoms. The monoisotopic (exact) mass is 167 g/mol. The van der Waals surface area contributed by atoms with Crippen LogP contribution in [0.3, 0.4) is 0 Å². The quantitative estimate of drug-likeness (QED) is 0.645. The summed E-state index contributed by atoms with van der Waals surface area (Å²) in [6, 6.07) is 7.53. The molecule has 0 saturated carbocycles. The summed E-state index contributed by atoms with van der Waals surface area (Å²) < 4.78 is 4.98. The van der Waals surface area contributed by atoms with Crippen LogP contribution in [0.25, 0.3) is 0 Å². The van der Waals surface area contributed by atoms with Gasteiger partial charge >= 0.3 is 0 Å². The Labute approximate surface area is 71.0 Å². The fourth-order valence-electron chi connectivity index (χ4n) is 0.722. The average molecular weight is 167 g/mol. The van der Waals surface area contributed by atoms with E-state index in [1.54, 1.807) is 0 Å². The van der Waals surface area contributed by atoms with Gasteiger partial charge in [0.2, 0.25) is 0 Å². The Morgan fingerprint density at radius 2 is 1.91 bits per heavy atom. The van der Waals surface area contributed by atoms with E-state index >= 15 is 0 Å². The van der Waals surface area contributed by atoms with Gasteiger partial charge in [0.05, 0.1) is 0 Å². The lowest BCUT2D eigenvalue weighted by Gasteiger charge is -2.01. The number of benzene rings is 1. The van der Waals surface area contributed by atoms with Crippen molar-refractivity contribution in [2.45, 2.75) is 6.92 Å². The first kappa shape index (κ1) is 8.01. The normalized spacial score (nSPS) is 9.18. The molecule has 0 atom stereocenters. The second-order valence-electron chi connectivity index (χ2n) is 2.23. The van der Waals surface area contributed by atoms with Crippen LogP contribution in [0.1, 0.15) is 5.56 Å². The maximum atomic E-state index is 5.17. The second kappa shape index (κ2) is 3.34. The van der Waals surface area contributed by atoms with Gasteiger partial charge in [-0.15, -0.1) is 0 Å². The van der Waals surface area contributed by atoms with Crippen molar-refractivity contribution in [1.29, 1.82) is 0 Å². The van der Waals surface area contributed by atoms with Gasteiger partial charge in [0, 0.05) is 0 Å². The minimum atomic E-state index is 0.0499. The van der Waals surface area contributed by atoms with Crippen LogP contribution < -0.4 is 10.5 Å². The van der Waals surface area contributed by atoms with Crippen molar-refractivity contribution in [1.82, 2.24) is 0 Å². The number of hydrogen-bond acceptors (Lipinski definition) is 2. The molecule has 0 aliphatic rings. The number of aryl methyl sites for hydroxylation is 1. The van der Waals surface area contributed by atoms with Crippen molar-refractivity contribution < 1.29 is 4.74 Å². The Hall–Kier alpha value is -1.09. The minimum absolute atomic E-state index is 0.0499. The van der Waals surface area contributed by atoms with Gasteiger partial charge in [-0.3, -0.25) is 0 Å². The third-order valence-electron chi connectivity index (χ3n) is 1.24. The summed E-state index contributed by atoms with van der Waals surface area (Å²) in [5, 5.41) is 0.0499. The molecule has 0 bridgehead atoms. The summed E-state index contributed by atoms with van der Waals surface area (Å²) in [5.74, 6) is 0.683. The highest BCUT2D eigenvalue weighted by molar-refractivity contribution is 7.80. The molecule has 0 unspecified atom stereocenters. The van der Waals surface area contributed by atoms with E-state index in [0.29, 0.717) is 5.75 Å². The zero-order valence-corrected chi connectivity index (χ0v) is 7.02. The van der Waals surface area contributed by atoms with E-state index in [1.807, 2.05) is 31.2 Å². The van der Waals surface area contributed by atoms with Gasteiger partial charge in [0.1, 0.15) is 5.75 Å². The van der Waals surface area contributed by atoms with Crippen LogP contribution in [0.2, 0.25) is 0 Å². The van der Waals surface area contributed by atoms with Crippen LogP contribution in [-0.2, 0) is 0 Å². The van der Waals surface area contributed by atoms with Crippen LogP contribution in [-0.4, -0.2) is 5.17 Å². The molecule has 1 aromatic carbocycles. The lowest BCUT2D eigenvalue weighted by atomic mass is 10.2. The molecule has 0 spiro atoms. The Bertz CT molecular complexity index is 255. The minimum Gasteiger partial charge on any atom is -0.432 e. The van der Waals surface area contributed by atoms with E-state index in [2.05, 4.69) is 12.2 Å². The van der Waals surface area contributed by atoms with Gasteiger partial charge in [-0.2, -0.15) is 0 Å². The topological polar surface area (TPSA) is 35.2 Å². The average Bonchev–Trinajstić information content (AvgIpc) is 1.93. The van der Waals surface area contributed by atoms with Crippen molar-refractivity contribution in [2.24, 2.45) is 5.73 Å². The van der Waals surface area contributed by atoms with Crippen LogP contribution in [0, 0.1) is 6.92 Å². The van der Waals surface area contributed by atoms with E-state index in [1.165, 1.54) is 5.56 Å². The van der Waals surface area contributed by atoms with Gasteiger partial charge in [0.25, 0.3) is 5.17 Å². The maximum absolute atomic E-state index is 5.17. The van der Waals surface area contributed by atoms with Gasteiger partial charge in [-0.05, 0) is 31.3 Å². The second-order valence-corrected chi connectivity index (χ2v) is 2.64. The molecule has 0 amide bonds. The van der Waals surface area contributed by atoms with Gasteiger partial charge in [-0.25, -0.2) is 0 Å². The first-order valence-corrected chi connectivity index (χ1v) is 3.63. The summed E-state index contributed by atoms with van der Waals surface area (Å²) in [7, 11) is 0. The largest absolute Gasteiger partial charge is 0.432 e. The maximum Gasteiger partial charge on any atom is 0.259 e. The molecule has 3 heteroatoms. The molecule has 58 valence electrons. The molecule has 0 aliphatic heterocycles. The number of nitrogens with two attached hydrogens (primary N) is 1. The lowest BCUT2D eigenvalue weighted by molar-refractivity contribution is 0.557. The fraction of sp³-hybridized carbons (Fsp3) is 0.125. The zero-order valence-electron chi connectivity index (χ0n) is 6.20. The van der Waals surface area contributed by atoms with Crippen molar-refractivity contribution >= 4 is 17.4 Å². The highest BCUT2D eigenvalue weighted by atomic mass is 32.1. The highest BCUT2D eigenvalue weighted by Crippen LogP contribution is 2.10. The molecule has 0 radical (unpaired) electrons. The molecule has 0 aliphatic carbocycles. The van der Waals surface area contributed by atoms with Crippen LogP contribution in [0.5, 0.6) is 5.75 Å².